The summed E-state index contributed by atoms with van der Waals surface area (Å²) in [6, 6.07) is 11.7. The molecule has 0 heterocycles. The lowest BCUT2D eigenvalue weighted by Crippen LogP contribution is -2.14. The zero-order chi connectivity index (χ0) is 14.0. The molecular weight excluding hydrogens is 345 g/mol. The van der Waals surface area contributed by atoms with Gasteiger partial charge < -0.3 is 5.73 Å². The third kappa shape index (κ3) is 3.51. The highest BCUT2D eigenvalue weighted by atomic mass is 79.9. The number of nitrogens with two attached hydrogens (primary N) is 1. The van der Waals surface area contributed by atoms with Gasteiger partial charge in [0.25, 0.3) is 0 Å². The van der Waals surface area contributed by atoms with Crippen molar-refractivity contribution >= 4 is 39.1 Å². The molecule has 19 heavy (non-hydrogen) atoms. The summed E-state index contributed by atoms with van der Waals surface area (Å²) in [5, 5.41) is 1.13. The lowest BCUT2D eigenvalue weighted by atomic mass is 9.96. The van der Waals surface area contributed by atoms with E-state index >= 15 is 0 Å². The number of halogens is 3. The van der Waals surface area contributed by atoms with Crippen molar-refractivity contribution in [3.8, 4) is 0 Å². The van der Waals surface area contributed by atoms with Crippen LogP contribution >= 0.6 is 39.1 Å². The monoisotopic (exact) mass is 357 g/mol. The Morgan fingerprint density at radius 1 is 1.16 bits per heavy atom. The first kappa shape index (κ1) is 14.9. The van der Waals surface area contributed by atoms with Crippen molar-refractivity contribution in [1.82, 2.24) is 0 Å². The van der Waals surface area contributed by atoms with Crippen LogP contribution in [-0.4, -0.2) is 0 Å². The summed E-state index contributed by atoms with van der Waals surface area (Å²) < 4.78 is 1.08. The number of rotatable bonds is 3. The molecule has 2 aromatic carbocycles. The van der Waals surface area contributed by atoms with E-state index in [1.54, 1.807) is 6.07 Å². The summed E-state index contributed by atoms with van der Waals surface area (Å²) in [5.74, 6) is 0. The summed E-state index contributed by atoms with van der Waals surface area (Å²) in [5.41, 5.74) is 9.69. The Hall–Kier alpha value is -0.540. The van der Waals surface area contributed by atoms with Gasteiger partial charge in [-0.3, -0.25) is 0 Å². The standard InChI is InChI=1S/C15H14BrCl2N/c1-9-11(3-2-4-12(9)16)15(19)8-10-5-6-13(17)14(18)7-10/h2-7,15H,8,19H2,1H3. The molecule has 2 aromatic rings. The lowest BCUT2D eigenvalue weighted by Gasteiger charge is -2.16. The van der Waals surface area contributed by atoms with Crippen molar-refractivity contribution in [3.63, 3.8) is 0 Å². The van der Waals surface area contributed by atoms with Crippen molar-refractivity contribution in [1.29, 1.82) is 0 Å². The Bertz CT molecular complexity index is 599. The quantitative estimate of drug-likeness (QED) is 0.790. The van der Waals surface area contributed by atoms with Gasteiger partial charge in [0.2, 0.25) is 0 Å². The molecule has 4 heteroatoms. The maximum atomic E-state index is 6.29. The Morgan fingerprint density at radius 2 is 1.89 bits per heavy atom. The second kappa shape index (κ2) is 6.27. The van der Waals surface area contributed by atoms with Crippen LogP contribution in [0.2, 0.25) is 10.0 Å². The average molecular weight is 359 g/mol. The molecule has 0 aliphatic carbocycles. The van der Waals surface area contributed by atoms with Crippen LogP contribution in [0.5, 0.6) is 0 Å². The minimum Gasteiger partial charge on any atom is -0.324 e. The Labute approximate surface area is 131 Å². The van der Waals surface area contributed by atoms with Crippen LogP contribution in [0.25, 0.3) is 0 Å². The summed E-state index contributed by atoms with van der Waals surface area (Å²) in [4.78, 5) is 0. The van der Waals surface area contributed by atoms with Gasteiger partial charge in [0.05, 0.1) is 10.0 Å². The molecular formula is C15H14BrCl2N. The zero-order valence-electron chi connectivity index (χ0n) is 10.5. The van der Waals surface area contributed by atoms with E-state index < -0.39 is 0 Å². The summed E-state index contributed by atoms with van der Waals surface area (Å²) in [7, 11) is 0. The predicted octanol–water partition coefficient (Wildman–Crippen LogP) is 5.31. The minimum atomic E-state index is -0.0604. The van der Waals surface area contributed by atoms with Gasteiger partial charge in [-0.15, -0.1) is 0 Å². The molecule has 0 radical (unpaired) electrons. The number of benzene rings is 2. The van der Waals surface area contributed by atoms with E-state index in [4.69, 9.17) is 28.9 Å². The molecule has 0 amide bonds. The molecule has 1 unspecified atom stereocenters. The van der Waals surface area contributed by atoms with Gasteiger partial charge in [-0.1, -0.05) is 57.3 Å². The number of hydrogen-bond acceptors (Lipinski definition) is 1. The smallest absolute Gasteiger partial charge is 0.0595 e. The van der Waals surface area contributed by atoms with Crippen LogP contribution in [-0.2, 0) is 6.42 Å². The van der Waals surface area contributed by atoms with Crippen LogP contribution in [0, 0.1) is 6.92 Å². The summed E-state index contributed by atoms with van der Waals surface area (Å²) >= 11 is 15.5. The van der Waals surface area contributed by atoms with E-state index in [1.807, 2.05) is 24.3 Å². The fourth-order valence-corrected chi connectivity index (χ4v) is 2.76. The first-order valence-corrected chi connectivity index (χ1v) is 7.48. The molecule has 0 fully saturated rings. The first-order valence-electron chi connectivity index (χ1n) is 5.93. The van der Waals surface area contributed by atoms with E-state index in [0.29, 0.717) is 10.0 Å². The second-order valence-electron chi connectivity index (χ2n) is 4.51. The topological polar surface area (TPSA) is 26.0 Å². The third-order valence-corrected chi connectivity index (χ3v) is 4.75. The van der Waals surface area contributed by atoms with Crippen LogP contribution in [0.1, 0.15) is 22.7 Å². The van der Waals surface area contributed by atoms with Crippen molar-refractivity contribution in [2.75, 3.05) is 0 Å². The third-order valence-electron chi connectivity index (χ3n) is 3.15. The maximum Gasteiger partial charge on any atom is 0.0595 e. The zero-order valence-corrected chi connectivity index (χ0v) is 13.6. The molecule has 2 rings (SSSR count). The van der Waals surface area contributed by atoms with Gasteiger partial charge in [-0.25, -0.2) is 0 Å². The molecule has 2 N–H and O–H groups in total. The van der Waals surface area contributed by atoms with E-state index in [1.165, 1.54) is 5.56 Å². The molecule has 0 aliphatic heterocycles. The van der Waals surface area contributed by atoms with Gasteiger partial charge in [-0.2, -0.15) is 0 Å². The Morgan fingerprint density at radius 3 is 2.58 bits per heavy atom. The van der Waals surface area contributed by atoms with Crippen LogP contribution < -0.4 is 5.73 Å². The van der Waals surface area contributed by atoms with Crippen LogP contribution in [0.4, 0.5) is 0 Å². The van der Waals surface area contributed by atoms with Gasteiger partial charge in [0.15, 0.2) is 0 Å². The van der Waals surface area contributed by atoms with Crippen molar-refractivity contribution in [2.24, 2.45) is 5.73 Å². The van der Waals surface area contributed by atoms with Crippen LogP contribution in [0.3, 0.4) is 0 Å². The van der Waals surface area contributed by atoms with E-state index in [9.17, 15) is 0 Å². The summed E-state index contributed by atoms with van der Waals surface area (Å²) in [6.45, 7) is 2.06. The highest BCUT2D eigenvalue weighted by Gasteiger charge is 2.12. The van der Waals surface area contributed by atoms with E-state index in [-0.39, 0.29) is 6.04 Å². The minimum absolute atomic E-state index is 0.0604. The van der Waals surface area contributed by atoms with Gasteiger partial charge in [0, 0.05) is 10.5 Å². The van der Waals surface area contributed by atoms with Gasteiger partial charge in [0.1, 0.15) is 0 Å². The number of hydrogen-bond donors (Lipinski definition) is 1. The molecule has 1 nitrogen and oxygen atoms in total. The average Bonchev–Trinajstić information content (AvgIpc) is 2.37. The lowest BCUT2D eigenvalue weighted by molar-refractivity contribution is 0.716. The second-order valence-corrected chi connectivity index (χ2v) is 6.18. The highest BCUT2D eigenvalue weighted by Crippen LogP contribution is 2.28. The van der Waals surface area contributed by atoms with E-state index in [0.717, 1.165) is 22.0 Å². The van der Waals surface area contributed by atoms with Gasteiger partial charge >= 0.3 is 0 Å². The van der Waals surface area contributed by atoms with Crippen LogP contribution in [0.15, 0.2) is 40.9 Å². The highest BCUT2D eigenvalue weighted by molar-refractivity contribution is 9.10. The van der Waals surface area contributed by atoms with Crippen molar-refractivity contribution in [2.45, 2.75) is 19.4 Å². The fraction of sp³-hybridized carbons (Fsp3) is 0.200. The molecule has 0 saturated carbocycles. The predicted molar refractivity (Wildman–Crippen MR) is 86.0 cm³/mol. The molecule has 0 aliphatic rings. The maximum absolute atomic E-state index is 6.29. The Kier molecular flexibility index (Phi) is 4.91. The molecule has 100 valence electrons. The SMILES string of the molecule is Cc1c(Br)cccc1C(N)Cc1ccc(Cl)c(Cl)c1. The summed E-state index contributed by atoms with van der Waals surface area (Å²) in [6.07, 6.45) is 0.730. The van der Waals surface area contributed by atoms with Crippen molar-refractivity contribution < 1.29 is 0 Å². The molecule has 0 bridgehead atoms. The largest absolute Gasteiger partial charge is 0.324 e. The van der Waals surface area contributed by atoms with Crippen molar-refractivity contribution in [3.05, 3.63) is 67.6 Å². The Balaban J connectivity index is 2.23. The molecule has 0 aromatic heterocycles. The molecule has 1 atom stereocenters. The fourth-order valence-electron chi connectivity index (χ4n) is 2.06. The van der Waals surface area contributed by atoms with Gasteiger partial charge in [-0.05, 0) is 48.2 Å². The molecule has 0 spiro atoms. The first-order chi connectivity index (χ1) is 8.99. The normalized spacial score (nSPS) is 12.5. The molecule has 0 saturated heterocycles. The van der Waals surface area contributed by atoms with E-state index in [2.05, 4.69) is 28.9 Å².